The van der Waals surface area contributed by atoms with E-state index in [0.717, 1.165) is 4.90 Å². The van der Waals surface area contributed by atoms with Crippen LogP contribution in [0.5, 0.6) is 5.75 Å². The van der Waals surface area contributed by atoms with Crippen LogP contribution in [-0.2, 0) is 0 Å². The van der Waals surface area contributed by atoms with Crippen molar-refractivity contribution in [2.45, 2.75) is 4.90 Å². The molecule has 0 aliphatic heterocycles. The van der Waals surface area contributed by atoms with Gasteiger partial charge in [-0.15, -0.1) is 11.8 Å². The first-order valence-corrected chi connectivity index (χ1v) is 5.00. The molecule has 13 heavy (non-hydrogen) atoms. The van der Waals surface area contributed by atoms with Crippen LogP contribution in [0.4, 0.5) is 0 Å². The highest BCUT2D eigenvalue weighted by molar-refractivity contribution is 7.98. The Labute approximate surface area is 81.2 Å². The van der Waals surface area contributed by atoms with E-state index in [4.69, 9.17) is 0 Å². The summed E-state index contributed by atoms with van der Waals surface area (Å²) in [7, 11) is 1.54. The van der Waals surface area contributed by atoms with Gasteiger partial charge in [-0.05, 0) is 24.5 Å². The number of thioether (sulfide) groups is 1. The van der Waals surface area contributed by atoms with Gasteiger partial charge in [-0.3, -0.25) is 4.79 Å². The molecule has 0 saturated heterocycles. The van der Waals surface area contributed by atoms with Crippen LogP contribution < -0.4 is 5.32 Å². The molecule has 0 aliphatic carbocycles. The minimum absolute atomic E-state index is 0.0113. The highest BCUT2D eigenvalue weighted by atomic mass is 32.2. The fraction of sp³-hybridized carbons (Fsp3) is 0.222. The van der Waals surface area contributed by atoms with Gasteiger partial charge in [-0.1, -0.05) is 0 Å². The second kappa shape index (κ2) is 4.18. The summed E-state index contributed by atoms with van der Waals surface area (Å²) in [6, 6.07) is 4.96. The smallest absolute Gasteiger partial charge is 0.254 e. The molecule has 0 bridgehead atoms. The van der Waals surface area contributed by atoms with Crippen molar-refractivity contribution in [3.63, 3.8) is 0 Å². The SMILES string of the molecule is CNC(=O)c1cc(SC)ccc1O. The first kappa shape index (κ1) is 9.92. The van der Waals surface area contributed by atoms with Gasteiger partial charge in [0, 0.05) is 11.9 Å². The van der Waals surface area contributed by atoms with Crippen LogP contribution in [0.3, 0.4) is 0 Å². The van der Waals surface area contributed by atoms with Crippen LogP contribution in [-0.4, -0.2) is 24.3 Å². The number of hydrogen-bond donors (Lipinski definition) is 2. The highest BCUT2D eigenvalue weighted by Crippen LogP contribution is 2.23. The number of rotatable bonds is 2. The number of carbonyl (C=O) groups is 1. The number of hydrogen-bond acceptors (Lipinski definition) is 3. The maximum atomic E-state index is 11.2. The van der Waals surface area contributed by atoms with Crippen LogP contribution >= 0.6 is 11.8 Å². The number of benzene rings is 1. The standard InChI is InChI=1S/C9H11NO2S/c1-10-9(12)7-5-6(13-2)3-4-8(7)11/h3-5,11H,1-2H3,(H,10,12). The topological polar surface area (TPSA) is 49.3 Å². The molecule has 0 aliphatic rings. The molecule has 2 N–H and O–H groups in total. The predicted molar refractivity (Wildman–Crippen MR) is 53.3 cm³/mol. The first-order chi connectivity index (χ1) is 6.19. The molecular weight excluding hydrogens is 186 g/mol. The van der Waals surface area contributed by atoms with Crippen LogP contribution in [0.1, 0.15) is 10.4 Å². The monoisotopic (exact) mass is 197 g/mol. The van der Waals surface area contributed by atoms with Crippen molar-refractivity contribution >= 4 is 17.7 Å². The van der Waals surface area contributed by atoms with Crippen molar-refractivity contribution in [3.05, 3.63) is 23.8 Å². The second-order valence-corrected chi connectivity index (χ2v) is 3.34. The maximum Gasteiger partial charge on any atom is 0.254 e. The second-order valence-electron chi connectivity index (χ2n) is 2.46. The Hall–Kier alpha value is -1.16. The third-order valence-electron chi connectivity index (χ3n) is 1.68. The average molecular weight is 197 g/mol. The normalized spacial score (nSPS) is 9.69. The van der Waals surface area contributed by atoms with Crippen molar-refractivity contribution in [1.29, 1.82) is 0 Å². The van der Waals surface area contributed by atoms with Gasteiger partial charge in [0.25, 0.3) is 5.91 Å². The fourth-order valence-corrected chi connectivity index (χ4v) is 1.40. The summed E-state index contributed by atoms with van der Waals surface area (Å²) in [4.78, 5) is 12.2. The minimum atomic E-state index is -0.270. The van der Waals surface area contributed by atoms with E-state index >= 15 is 0 Å². The van der Waals surface area contributed by atoms with Gasteiger partial charge in [0.05, 0.1) is 5.56 Å². The lowest BCUT2D eigenvalue weighted by Gasteiger charge is -2.04. The predicted octanol–water partition coefficient (Wildman–Crippen LogP) is 1.47. The summed E-state index contributed by atoms with van der Waals surface area (Å²) in [6.07, 6.45) is 1.92. The zero-order chi connectivity index (χ0) is 9.84. The van der Waals surface area contributed by atoms with Crippen molar-refractivity contribution < 1.29 is 9.90 Å². The summed E-state index contributed by atoms with van der Waals surface area (Å²) in [6.45, 7) is 0. The molecule has 0 heterocycles. The van der Waals surface area contributed by atoms with Gasteiger partial charge in [0.2, 0.25) is 0 Å². The van der Waals surface area contributed by atoms with Crippen LogP contribution in [0, 0.1) is 0 Å². The van der Waals surface area contributed by atoms with Gasteiger partial charge in [0.15, 0.2) is 0 Å². The van der Waals surface area contributed by atoms with Crippen LogP contribution in [0.25, 0.3) is 0 Å². The van der Waals surface area contributed by atoms with Gasteiger partial charge in [-0.2, -0.15) is 0 Å². The summed E-state index contributed by atoms with van der Waals surface area (Å²) in [5.41, 5.74) is 0.314. The van der Waals surface area contributed by atoms with E-state index in [-0.39, 0.29) is 11.7 Å². The van der Waals surface area contributed by atoms with E-state index in [1.807, 2.05) is 6.26 Å². The average Bonchev–Trinajstić information content (AvgIpc) is 2.17. The lowest BCUT2D eigenvalue weighted by Crippen LogP contribution is -2.17. The number of amides is 1. The third kappa shape index (κ3) is 2.15. The van der Waals surface area contributed by atoms with E-state index in [9.17, 15) is 9.90 Å². The quantitative estimate of drug-likeness (QED) is 0.706. The van der Waals surface area contributed by atoms with Gasteiger partial charge in [-0.25, -0.2) is 0 Å². The molecule has 4 heteroatoms. The van der Waals surface area contributed by atoms with Crippen LogP contribution in [0.15, 0.2) is 23.1 Å². The lowest BCUT2D eigenvalue weighted by molar-refractivity contribution is 0.0960. The van der Waals surface area contributed by atoms with Crippen molar-refractivity contribution in [2.24, 2.45) is 0 Å². The van der Waals surface area contributed by atoms with E-state index in [1.165, 1.54) is 24.9 Å². The minimum Gasteiger partial charge on any atom is -0.507 e. The largest absolute Gasteiger partial charge is 0.507 e. The number of carbonyl (C=O) groups excluding carboxylic acids is 1. The van der Waals surface area contributed by atoms with Crippen molar-refractivity contribution in [2.75, 3.05) is 13.3 Å². The molecule has 0 atom stereocenters. The summed E-state index contributed by atoms with van der Waals surface area (Å²) < 4.78 is 0. The van der Waals surface area contributed by atoms with Crippen LogP contribution in [0.2, 0.25) is 0 Å². The summed E-state index contributed by atoms with van der Waals surface area (Å²) >= 11 is 1.53. The summed E-state index contributed by atoms with van der Waals surface area (Å²) in [5.74, 6) is -0.259. The van der Waals surface area contributed by atoms with E-state index in [2.05, 4.69) is 5.32 Å². The van der Waals surface area contributed by atoms with Crippen molar-refractivity contribution in [1.82, 2.24) is 5.32 Å². The van der Waals surface area contributed by atoms with Gasteiger partial charge >= 0.3 is 0 Å². The lowest BCUT2D eigenvalue weighted by atomic mass is 10.2. The van der Waals surface area contributed by atoms with Crippen molar-refractivity contribution in [3.8, 4) is 5.75 Å². The molecule has 0 saturated carbocycles. The number of phenols is 1. The Morgan fingerprint density at radius 1 is 1.54 bits per heavy atom. The molecule has 70 valence electrons. The Kier molecular flexibility index (Phi) is 3.19. The summed E-state index contributed by atoms with van der Waals surface area (Å²) in [5, 5.41) is 11.8. The Morgan fingerprint density at radius 2 is 2.23 bits per heavy atom. The Bertz CT molecular complexity index is 325. The van der Waals surface area contributed by atoms with E-state index < -0.39 is 0 Å². The molecule has 3 nitrogen and oxygen atoms in total. The Balaban J connectivity index is 3.11. The molecule has 0 radical (unpaired) electrons. The maximum absolute atomic E-state index is 11.2. The zero-order valence-corrected chi connectivity index (χ0v) is 8.31. The molecule has 0 spiro atoms. The molecule has 0 aromatic heterocycles. The number of phenolic OH excluding ortho intramolecular Hbond substituents is 1. The zero-order valence-electron chi connectivity index (χ0n) is 7.50. The van der Waals surface area contributed by atoms with Gasteiger partial charge in [0.1, 0.15) is 5.75 Å². The number of nitrogens with one attached hydrogen (secondary N) is 1. The highest BCUT2D eigenvalue weighted by Gasteiger charge is 2.09. The molecular formula is C9H11NO2S. The van der Waals surface area contributed by atoms with E-state index in [1.54, 1.807) is 12.1 Å². The Morgan fingerprint density at radius 3 is 2.77 bits per heavy atom. The first-order valence-electron chi connectivity index (χ1n) is 3.78. The number of aromatic hydroxyl groups is 1. The fourth-order valence-electron chi connectivity index (χ4n) is 0.959. The molecule has 1 rings (SSSR count). The third-order valence-corrected chi connectivity index (χ3v) is 2.40. The molecule has 0 fully saturated rings. The van der Waals surface area contributed by atoms with E-state index in [0.29, 0.717) is 5.56 Å². The molecule has 1 aromatic rings. The molecule has 1 amide bonds. The molecule has 1 aromatic carbocycles. The molecule has 0 unspecified atom stereocenters. The van der Waals surface area contributed by atoms with Gasteiger partial charge < -0.3 is 10.4 Å².